The van der Waals surface area contributed by atoms with Gasteiger partial charge in [0.2, 0.25) is 0 Å². The highest BCUT2D eigenvalue weighted by Gasteiger charge is 2.20. The molecule has 6 nitrogen and oxygen atoms in total. The van der Waals surface area contributed by atoms with Crippen LogP contribution in [-0.4, -0.2) is 34.3 Å². The number of thioether (sulfide) groups is 1. The minimum absolute atomic E-state index is 0.145. The Hall–Kier alpha value is -2.84. The van der Waals surface area contributed by atoms with E-state index in [4.69, 9.17) is 16.3 Å². The second-order valence-corrected chi connectivity index (χ2v) is 7.13. The van der Waals surface area contributed by atoms with Gasteiger partial charge in [0.05, 0.1) is 6.20 Å². The summed E-state index contributed by atoms with van der Waals surface area (Å²) < 4.78 is 19.9. The van der Waals surface area contributed by atoms with Crippen LogP contribution in [0.25, 0.3) is 5.69 Å². The molecule has 1 aromatic heterocycles. The fourth-order valence-electron chi connectivity index (χ4n) is 2.52. The lowest BCUT2D eigenvalue weighted by molar-refractivity contribution is -0.124. The van der Waals surface area contributed by atoms with Gasteiger partial charge in [0.25, 0.3) is 5.91 Å². The first-order valence-electron chi connectivity index (χ1n) is 8.54. The number of hydrogen-bond donors (Lipinski definition) is 1. The predicted molar refractivity (Wildman–Crippen MR) is 109 cm³/mol. The number of nitrogens with one attached hydrogen (secondary N) is 1. The first kappa shape index (κ1) is 20.9. The molecule has 0 aliphatic carbocycles. The van der Waals surface area contributed by atoms with Crippen LogP contribution in [0.5, 0.6) is 0 Å². The van der Waals surface area contributed by atoms with Crippen molar-refractivity contribution in [3.05, 3.63) is 76.8 Å². The number of hydrogen-bond acceptors (Lipinski definition) is 5. The number of carbonyl (C=O) groups is 2. The van der Waals surface area contributed by atoms with Crippen molar-refractivity contribution in [1.82, 2.24) is 14.9 Å². The van der Waals surface area contributed by atoms with Crippen LogP contribution in [0, 0.1) is 5.82 Å². The van der Waals surface area contributed by atoms with E-state index in [1.54, 1.807) is 28.8 Å². The Balaban J connectivity index is 1.63. The summed E-state index contributed by atoms with van der Waals surface area (Å²) >= 11 is 7.15. The van der Waals surface area contributed by atoms with Crippen molar-refractivity contribution in [3.63, 3.8) is 0 Å². The molecule has 9 heteroatoms. The lowest BCUT2D eigenvalue weighted by Gasteiger charge is -2.11. The van der Waals surface area contributed by atoms with Crippen molar-refractivity contribution >= 4 is 35.2 Å². The predicted octanol–water partition coefficient (Wildman–Crippen LogP) is 3.86. The number of nitrogens with zero attached hydrogens (tertiary/aromatic N) is 2. The molecule has 0 spiro atoms. The van der Waals surface area contributed by atoms with Crippen LogP contribution in [0.2, 0.25) is 5.02 Å². The van der Waals surface area contributed by atoms with Gasteiger partial charge in [-0.1, -0.05) is 35.5 Å². The number of carbonyl (C=O) groups excluding carboxylic acids is 2. The monoisotopic (exact) mass is 433 g/mol. The van der Waals surface area contributed by atoms with Crippen LogP contribution in [0.4, 0.5) is 4.39 Å². The van der Waals surface area contributed by atoms with E-state index >= 15 is 0 Å². The zero-order valence-corrected chi connectivity index (χ0v) is 17.0. The highest BCUT2D eigenvalue weighted by molar-refractivity contribution is 7.98. The molecule has 0 bridgehead atoms. The molecule has 0 radical (unpaired) electrons. The van der Waals surface area contributed by atoms with Crippen molar-refractivity contribution in [1.29, 1.82) is 0 Å². The van der Waals surface area contributed by atoms with E-state index in [0.29, 0.717) is 15.9 Å². The van der Waals surface area contributed by atoms with Crippen LogP contribution in [-0.2, 0) is 16.1 Å². The summed E-state index contributed by atoms with van der Waals surface area (Å²) in [6.07, 6.45) is 3.17. The topological polar surface area (TPSA) is 73.2 Å². The summed E-state index contributed by atoms with van der Waals surface area (Å²) in [5.41, 5.74) is 1.58. The average molecular weight is 434 g/mol. The summed E-state index contributed by atoms with van der Waals surface area (Å²) in [6.45, 7) is -0.146. The summed E-state index contributed by atoms with van der Waals surface area (Å²) in [4.78, 5) is 28.7. The molecule has 0 fully saturated rings. The van der Waals surface area contributed by atoms with E-state index in [2.05, 4.69) is 10.3 Å². The lowest BCUT2D eigenvalue weighted by Crippen LogP contribution is -2.28. The minimum Gasteiger partial charge on any atom is -0.451 e. The van der Waals surface area contributed by atoms with Gasteiger partial charge >= 0.3 is 5.97 Å². The average Bonchev–Trinajstić information content (AvgIpc) is 3.16. The third-order valence-corrected chi connectivity index (χ3v) is 4.85. The Bertz CT molecular complexity index is 1010. The molecular formula is C20H17ClFN3O3S. The number of halogens is 2. The summed E-state index contributed by atoms with van der Waals surface area (Å²) in [6, 6.07) is 12.7. The smallest absolute Gasteiger partial charge is 0.357 e. The molecule has 29 heavy (non-hydrogen) atoms. The van der Waals surface area contributed by atoms with Gasteiger partial charge in [-0.2, -0.15) is 0 Å². The molecule has 0 saturated carbocycles. The molecule has 3 rings (SSSR count). The van der Waals surface area contributed by atoms with Gasteiger partial charge in [-0.25, -0.2) is 14.2 Å². The van der Waals surface area contributed by atoms with E-state index in [1.165, 1.54) is 42.2 Å². The standard InChI is InChI=1S/C20H17ClFN3O3S/c1-29-20-24-11-17(25(20)16-8-6-15(22)7-9-16)19(27)28-12-18(26)23-10-13-2-4-14(21)5-3-13/h2-9,11H,10,12H2,1H3,(H,23,26). The van der Waals surface area contributed by atoms with Crippen LogP contribution in [0.3, 0.4) is 0 Å². The van der Waals surface area contributed by atoms with Crippen molar-refractivity contribution in [2.24, 2.45) is 0 Å². The second kappa shape index (κ2) is 9.58. The number of benzene rings is 2. The van der Waals surface area contributed by atoms with Crippen LogP contribution in [0.1, 0.15) is 16.1 Å². The summed E-state index contributed by atoms with van der Waals surface area (Å²) in [5, 5.41) is 3.81. The molecule has 1 N–H and O–H groups in total. The Morgan fingerprint density at radius 3 is 2.52 bits per heavy atom. The molecule has 0 saturated heterocycles. The largest absolute Gasteiger partial charge is 0.451 e. The molecule has 0 unspecified atom stereocenters. The quantitative estimate of drug-likeness (QED) is 0.452. The lowest BCUT2D eigenvalue weighted by atomic mass is 10.2. The summed E-state index contributed by atoms with van der Waals surface area (Å²) in [7, 11) is 0. The maximum absolute atomic E-state index is 13.2. The van der Waals surface area contributed by atoms with Crippen LogP contribution < -0.4 is 5.32 Å². The number of esters is 1. The van der Waals surface area contributed by atoms with E-state index in [-0.39, 0.29) is 18.1 Å². The molecule has 3 aromatic rings. The number of imidazole rings is 1. The molecule has 0 aliphatic heterocycles. The molecule has 0 aliphatic rings. The third kappa shape index (κ3) is 5.36. The molecule has 1 heterocycles. The van der Waals surface area contributed by atoms with E-state index in [1.807, 2.05) is 6.26 Å². The zero-order chi connectivity index (χ0) is 20.8. The van der Waals surface area contributed by atoms with Crippen molar-refractivity contribution < 1.29 is 18.7 Å². The first-order valence-corrected chi connectivity index (χ1v) is 10.1. The van der Waals surface area contributed by atoms with Crippen molar-refractivity contribution in [2.75, 3.05) is 12.9 Å². The Labute approximate surface area is 176 Å². The Kier molecular flexibility index (Phi) is 6.90. The van der Waals surface area contributed by atoms with Gasteiger partial charge in [-0.15, -0.1) is 0 Å². The SMILES string of the molecule is CSc1ncc(C(=O)OCC(=O)NCc2ccc(Cl)cc2)n1-c1ccc(F)cc1. The fraction of sp³-hybridized carbons (Fsp3) is 0.150. The molecule has 2 aromatic carbocycles. The Morgan fingerprint density at radius 1 is 1.17 bits per heavy atom. The van der Waals surface area contributed by atoms with E-state index in [0.717, 1.165) is 5.56 Å². The normalized spacial score (nSPS) is 10.6. The Morgan fingerprint density at radius 2 is 1.86 bits per heavy atom. The summed E-state index contributed by atoms with van der Waals surface area (Å²) in [5.74, 6) is -1.53. The minimum atomic E-state index is -0.705. The molecule has 150 valence electrons. The highest BCUT2D eigenvalue weighted by Crippen LogP contribution is 2.22. The van der Waals surface area contributed by atoms with E-state index < -0.39 is 18.5 Å². The van der Waals surface area contributed by atoms with Gasteiger partial charge in [0, 0.05) is 17.3 Å². The maximum Gasteiger partial charge on any atom is 0.357 e. The highest BCUT2D eigenvalue weighted by atomic mass is 35.5. The number of amides is 1. The van der Waals surface area contributed by atoms with Crippen molar-refractivity contribution in [3.8, 4) is 5.69 Å². The van der Waals surface area contributed by atoms with Crippen LogP contribution in [0.15, 0.2) is 59.9 Å². The third-order valence-electron chi connectivity index (χ3n) is 3.94. The number of aromatic nitrogens is 2. The van der Waals surface area contributed by atoms with Gasteiger partial charge in [-0.3, -0.25) is 9.36 Å². The van der Waals surface area contributed by atoms with Gasteiger partial charge in [0.15, 0.2) is 17.5 Å². The van der Waals surface area contributed by atoms with Gasteiger partial charge in [0.1, 0.15) is 5.82 Å². The number of rotatable bonds is 7. The second-order valence-electron chi connectivity index (χ2n) is 5.92. The van der Waals surface area contributed by atoms with Gasteiger partial charge < -0.3 is 10.1 Å². The molecule has 0 atom stereocenters. The fourth-order valence-corrected chi connectivity index (χ4v) is 3.19. The zero-order valence-electron chi connectivity index (χ0n) is 15.4. The van der Waals surface area contributed by atoms with Crippen LogP contribution >= 0.6 is 23.4 Å². The first-order chi connectivity index (χ1) is 14.0. The number of ether oxygens (including phenoxy) is 1. The van der Waals surface area contributed by atoms with Crippen molar-refractivity contribution in [2.45, 2.75) is 11.7 Å². The van der Waals surface area contributed by atoms with E-state index in [9.17, 15) is 14.0 Å². The maximum atomic E-state index is 13.2. The van der Waals surface area contributed by atoms with Gasteiger partial charge in [-0.05, 0) is 48.2 Å². The molecule has 1 amide bonds. The molecular weight excluding hydrogens is 417 g/mol.